The van der Waals surface area contributed by atoms with Crippen LogP contribution in [0, 0.1) is 6.92 Å². The van der Waals surface area contributed by atoms with Gasteiger partial charge in [-0.25, -0.2) is 4.79 Å². The molecule has 6 nitrogen and oxygen atoms in total. The number of rotatable bonds is 5. The van der Waals surface area contributed by atoms with Gasteiger partial charge < -0.3 is 14.5 Å². The van der Waals surface area contributed by atoms with E-state index in [-0.39, 0.29) is 17.5 Å². The van der Waals surface area contributed by atoms with Crippen molar-refractivity contribution in [1.82, 2.24) is 10.6 Å². The molecule has 0 aliphatic carbocycles. The van der Waals surface area contributed by atoms with Crippen LogP contribution in [0.15, 0.2) is 10.5 Å². The smallest absolute Gasteiger partial charge is 0.341 e. The molecule has 0 fully saturated rings. The SMILES string of the molecule is COC(=O)c1cc(CNC(C)C(=O)NC(C)(C)C)oc1C. The van der Waals surface area contributed by atoms with Gasteiger partial charge in [0.05, 0.1) is 19.7 Å². The molecule has 0 bridgehead atoms. The van der Waals surface area contributed by atoms with Crippen molar-refractivity contribution in [2.75, 3.05) is 7.11 Å². The average molecular weight is 296 g/mol. The summed E-state index contributed by atoms with van der Waals surface area (Å²) in [5, 5.41) is 5.95. The van der Waals surface area contributed by atoms with Crippen LogP contribution >= 0.6 is 0 Å². The van der Waals surface area contributed by atoms with Gasteiger partial charge in [-0.1, -0.05) is 0 Å². The van der Waals surface area contributed by atoms with E-state index in [9.17, 15) is 9.59 Å². The second-order valence-electron chi connectivity index (χ2n) is 6.02. The molecule has 1 aromatic rings. The van der Waals surface area contributed by atoms with Crippen LogP contribution in [-0.2, 0) is 16.1 Å². The van der Waals surface area contributed by atoms with Gasteiger partial charge in [0.1, 0.15) is 17.1 Å². The summed E-state index contributed by atoms with van der Waals surface area (Å²) in [6, 6.07) is 1.26. The van der Waals surface area contributed by atoms with Crippen molar-refractivity contribution in [1.29, 1.82) is 0 Å². The Morgan fingerprint density at radius 2 is 2.00 bits per heavy atom. The minimum Gasteiger partial charge on any atom is -0.465 e. The number of nitrogens with one attached hydrogen (secondary N) is 2. The van der Waals surface area contributed by atoms with E-state index in [0.29, 0.717) is 23.6 Å². The first-order valence-electron chi connectivity index (χ1n) is 6.87. The summed E-state index contributed by atoms with van der Waals surface area (Å²) in [6.45, 7) is 9.61. The molecule has 6 heteroatoms. The van der Waals surface area contributed by atoms with E-state index in [1.165, 1.54) is 7.11 Å². The van der Waals surface area contributed by atoms with Crippen molar-refractivity contribution in [3.8, 4) is 0 Å². The maximum absolute atomic E-state index is 11.9. The molecule has 0 aliphatic rings. The van der Waals surface area contributed by atoms with Crippen LogP contribution < -0.4 is 10.6 Å². The van der Waals surface area contributed by atoms with Crippen molar-refractivity contribution >= 4 is 11.9 Å². The standard InChI is InChI=1S/C15H24N2O4/c1-9(13(18)17-15(3,4)5)16-8-11-7-12(10(2)21-11)14(19)20-6/h7,9,16H,8H2,1-6H3,(H,17,18). The summed E-state index contributed by atoms with van der Waals surface area (Å²) in [5.74, 6) is 0.578. The molecule has 0 saturated carbocycles. The van der Waals surface area contributed by atoms with Crippen LogP contribution in [0.25, 0.3) is 0 Å². The van der Waals surface area contributed by atoms with Crippen molar-refractivity contribution < 1.29 is 18.7 Å². The first-order chi connectivity index (χ1) is 9.64. The van der Waals surface area contributed by atoms with Crippen LogP contribution in [0.1, 0.15) is 49.6 Å². The minimum atomic E-state index is -0.430. The Bertz CT molecular complexity index is 514. The maximum atomic E-state index is 11.9. The molecule has 0 aromatic carbocycles. The predicted molar refractivity (Wildman–Crippen MR) is 79.0 cm³/mol. The molecular weight excluding hydrogens is 272 g/mol. The monoisotopic (exact) mass is 296 g/mol. The number of esters is 1. The van der Waals surface area contributed by atoms with Gasteiger partial charge in [-0.2, -0.15) is 0 Å². The molecule has 0 spiro atoms. The van der Waals surface area contributed by atoms with Gasteiger partial charge in [0, 0.05) is 5.54 Å². The molecule has 21 heavy (non-hydrogen) atoms. The molecule has 1 amide bonds. The van der Waals surface area contributed by atoms with Crippen LogP contribution in [0.3, 0.4) is 0 Å². The normalized spacial score (nSPS) is 12.9. The number of amides is 1. The zero-order valence-electron chi connectivity index (χ0n) is 13.5. The van der Waals surface area contributed by atoms with Gasteiger partial charge in [0.25, 0.3) is 0 Å². The van der Waals surface area contributed by atoms with Gasteiger partial charge in [0.15, 0.2) is 0 Å². The highest BCUT2D eigenvalue weighted by Crippen LogP contribution is 2.15. The van der Waals surface area contributed by atoms with Gasteiger partial charge in [0.2, 0.25) is 5.91 Å². The Balaban J connectivity index is 2.59. The number of furan rings is 1. The summed E-state index contributed by atoms with van der Waals surface area (Å²) in [7, 11) is 1.33. The zero-order valence-corrected chi connectivity index (χ0v) is 13.5. The zero-order chi connectivity index (χ0) is 16.2. The lowest BCUT2D eigenvalue weighted by atomic mass is 10.1. The summed E-state index contributed by atoms with van der Waals surface area (Å²) in [5.41, 5.74) is 0.132. The molecule has 1 heterocycles. The maximum Gasteiger partial charge on any atom is 0.341 e. The van der Waals surface area contributed by atoms with Gasteiger partial charge in [-0.3, -0.25) is 10.1 Å². The second-order valence-corrected chi connectivity index (χ2v) is 6.02. The number of ether oxygens (including phenoxy) is 1. The molecular formula is C15H24N2O4. The van der Waals surface area contributed by atoms with E-state index in [1.807, 2.05) is 20.8 Å². The topological polar surface area (TPSA) is 80.6 Å². The Morgan fingerprint density at radius 1 is 1.38 bits per heavy atom. The van der Waals surface area contributed by atoms with E-state index >= 15 is 0 Å². The minimum absolute atomic E-state index is 0.0843. The molecule has 1 aromatic heterocycles. The first kappa shape index (κ1) is 17.2. The largest absolute Gasteiger partial charge is 0.465 e. The first-order valence-corrected chi connectivity index (χ1v) is 6.87. The fourth-order valence-corrected chi connectivity index (χ4v) is 1.77. The number of carbonyl (C=O) groups excluding carboxylic acids is 2. The highest BCUT2D eigenvalue weighted by atomic mass is 16.5. The van der Waals surface area contributed by atoms with E-state index in [2.05, 4.69) is 15.4 Å². The number of hydrogen-bond acceptors (Lipinski definition) is 5. The van der Waals surface area contributed by atoms with E-state index in [1.54, 1.807) is 19.9 Å². The third kappa shape index (κ3) is 5.23. The van der Waals surface area contributed by atoms with Crippen LogP contribution in [0.4, 0.5) is 0 Å². The highest BCUT2D eigenvalue weighted by Gasteiger charge is 2.20. The summed E-state index contributed by atoms with van der Waals surface area (Å²) in [4.78, 5) is 23.4. The molecule has 1 unspecified atom stereocenters. The van der Waals surface area contributed by atoms with Crippen molar-refractivity contribution in [2.45, 2.75) is 52.7 Å². The summed E-state index contributed by atoms with van der Waals surface area (Å²) in [6.07, 6.45) is 0. The molecule has 2 N–H and O–H groups in total. The second kappa shape index (κ2) is 6.76. The lowest BCUT2D eigenvalue weighted by Gasteiger charge is -2.23. The van der Waals surface area contributed by atoms with Crippen molar-refractivity contribution in [2.24, 2.45) is 0 Å². The summed E-state index contributed by atoms with van der Waals surface area (Å²) >= 11 is 0. The Labute approximate surface area is 125 Å². The van der Waals surface area contributed by atoms with Gasteiger partial charge >= 0.3 is 5.97 Å². The lowest BCUT2D eigenvalue weighted by Crippen LogP contribution is -2.49. The Morgan fingerprint density at radius 3 is 2.52 bits per heavy atom. The van der Waals surface area contributed by atoms with E-state index in [0.717, 1.165) is 0 Å². The number of methoxy groups -OCH3 is 1. The summed E-state index contributed by atoms with van der Waals surface area (Å²) < 4.78 is 10.1. The molecule has 0 saturated heterocycles. The van der Waals surface area contributed by atoms with Crippen molar-refractivity contribution in [3.05, 3.63) is 23.2 Å². The molecule has 0 radical (unpaired) electrons. The lowest BCUT2D eigenvalue weighted by molar-refractivity contribution is -0.124. The Hall–Kier alpha value is -1.82. The average Bonchev–Trinajstić information content (AvgIpc) is 2.74. The number of hydrogen-bond donors (Lipinski definition) is 2. The Kier molecular flexibility index (Phi) is 5.54. The fourth-order valence-electron chi connectivity index (χ4n) is 1.77. The predicted octanol–water partition coefficient (Wildman–Crippen LogP) is 1.77. The van der Waals surface area contributed by atoms with Crippen LogP contribution in [0.5, 0.6) is 0 Å². The van der Waals surface area contributed by atoms with Crippen LogP contribution in [0.2, 0.25) is 0 Å². The van der Waals surface area contributed by atoms with Gasteiger partial charge in [-0.05, 0) is 40.7 Å². The third-order valence-electron chi connectivity index (χ3n) is 2.85. The van der Waals surface area contributed by atoms with Gasteiger partial charge in [-0.15, -0.1) is 0 Å². The van der Waals surface area contributed by atoms with Crippen molar-refractivity contribution in [3.63, 3.8) is 0 Å². The quantitative estimate of drug-likeness (QED) is 0.809. The molecule has 118 valence electrons. The highest BCUT2D eigenvalue weighted by molar-refractivity contribution is 5.90. The fraction of sp³-hybridized carbons (Fsp3) is 0.600. The molecule has 1 rings (SSSR count). The van der Waals surface area contributed by atoms with E-state index < -0.39 is 5.97 Å². The molecule has 1 atom stereocenters. The number of aryl methyl sites for hydroxylation is 1. The third-order valence-corrected chi connectivity index (χ3v) is 2.85. The van der Waals surface area contributed by atoms with Crippen LogP contribution in [-0.4, -0.2) is 30.6 Å². The number of carbonyl (C=O) groups is 2. The molecule has 0 aliphatic heterocycles. The van der Waals surface area contributed by atoms with E-state index in [4.69, 9.17) is 4.42 Å².